The Hall–Kier alpha value is -4.43. The van der Waals surface area contributed by atoms with Gasteiger partial charge in [0.1, 0.15) is 17.3 Å². The summed E-state index contributed by atoms with van der Waals surface area (Å²) in [7, 11) is 3.38. The van der Waals surface area contributed by atoms with E-state index in [9.17, 15) is 0 Å². The normalized spacial score (nSPS) is 14.2. The maximum atomic E-state index is 6.16. The number of nitrogens with zero attached hydrogens (tertiary/aromatic N) is 5. The molecule has 0 N–H and O–H groups in total. The monoisotopic (exact) mass is 619 g/mol. The summed E-state index contributed by atoms with van der Waals surface area (Å²) in [5.74, 6) is 2.53. The first-order valence-corrected chi connectivity index (χ1v) is 16.5. The third kappa shape index (κ3) is 7.85. The second kappa shape index (κ2) is 15.2. The minimum Gasteiger partial charge on any atom is -0.497 e. The van der Waals surface area contributed by atoms with Crippen LogP contribution in [0.4, 0.5) is 5.82 Å². The highest BCUT2D eigenvalue weighted by Crippen LogP contribution is 2.32. The van der Waals surface area contributed by atoms with Crippen LogP contribution < -0.4 is 19.1 Å². The fraction of sp³-hybridized carbons (Fsp3) is 0.395. The molecule has 3 aromatic carbocycles. The second-order valence-corrected chi connectivity index (χ2v) is 12.2. The summed E-state index contributed by atoms with van der Waals surface area (Å²) in [5.41, 5.74) is 7.84. The van der Waals surface area contributed by atoms with Crippen molar-refractivity contribution in [3.05, 3.63) is 106 Å². The number of aromatic nitrogens is 2. The van der Waals surface area contributed by atoms with Gasteiger partial charge in [-0.1, -0.05) is 61.9 Å². The molecule has 8 nitrogen and oxygen atoms in total. The molecule has 46 heavy (non-hydrogen) atoms. The first-order valence-electron chi connectivity index (χ1n) is 16.5. The van der Waals surface area contributed by atoms with Gasteiger partial charge in [-0.15, -0.1) is 0 Å². The standard InChI is InChI=1S/C38H45N5O3/c1-4-5-22-46-38-40-36-34(24-39-35(36)23-28-8-10-29(11-9-28)25-42-20-6-7-21-42)37(41-38)43(26-30-12-16-32(44-2)17-13-30)27-31-14-18-33(45-3)19-15-31/h8-19H,4-7,20-27H2,1-3H3. The third-order valence-corrected chi connectivity index (χ3v) is 8.76. The Labute approximate surface area is 273 Å². The molecule has 2 aliphatic rings. The average molecular weight is 620 g/mol. The first-order chi connectivity index (χ1) is 22.6. The lowest BCUT2D eigenvalue weighted by molar-refractivity contribution is 0.285. The first kappa shape index (κ1) is 31.5. The van der Waals surface area contributed by atoms with E-state index >= 15 is 0 Å². The fourth-order valence-electron chi connectivity index (χ4n) is 6.12. The van der Waals surface area contributed by atoms with Gasteiger partial charge in [-0.25, -0.2) is 0 Å². The number of methoxy groups -OCH3 is 2. The number of unbranched alkanes of at least 4 members (excludes halogenated alkanes) is 1. The van der Waals surface area contributed by atoms with E-state index in [0.29, 0.717) is 32.3 Å². The number of fused-ring (bicyclic) bond motifs is 1. The molecule has 0 spiro atoms. The van der Waals surface area contributed by atoms with Crippen molar-refractivity contribution in [2.75, 3.05) is 38.8 Å². The molecule has 0 atom stereocenters. The lowest BCUT2D eigenvalue weighted by Gasteiger charge is -2.26. The Bertz CT molecular complexity index is 1550. The van der Waals surface area contributed by atoms with E-state index in [2.05, 4.69) is 65.3 Å². The van der Waals surface area contributed by atoms with Gasteiger partial charge in [0.2, 0.25) is 0 Å². The number of benzene rings is 3. The molecule has 0 unspecified atom stereocenters. The number of aliphatic imine (C=N–C) groups is 1. The van der Waals surface area contributed by atoms with Gasteiger partial charge in [0, 0.05) is 31.6 Å². The van der Waals surface area contributed by atoms with Crippen molar-refractivity contribution in [1.82, 2.24) is 14.9 Å². The summed E-state index contributed by atoms with van der Waals surface area (Å²) in [5, 5.41) is 0. The van der Waals surface area contributed by atoms with Crippen LogP contribution in [0.1, 0.15) is 66.1 Å². The van der Waals surface area contributed by atoms with Gasteiger partial charge in [0.05, 0.1) is 38.8 Å². The highest BCUT2D eigenvalue weighted by molar-refractivity contribution is 6.04. The van der Waals surface area contributed by atoms with Gasteiger partial charge < -0.3 is 19.1 Å². The van der Waals surface area contributed by atoms with Crippen molar-refractivity contribution in [2.24, 2.45) is 4.99 Å². The summed E-state index contributed by atoms with van der Waals surface area (Å²) in [6, 6.07) is 25.9. The second-order valence-electron chi connectivity index (χ2n) is 12.2. The van der Waals surface area contributed by atoms with Crippen molar-refractivity contribution in [2.45, 2.75) is 65.2 Å². The van der Waals surface area contributed by atoms with Gasteiger partial charge in [-0.3, -0.25) is 9.89 Å². The largest absolute Gasteiger partial charge is 0.497 e. The summed E-state index contributed by atoms with van der Waals surface area (Å²) >= 11 is 0. The van der Waals surface area contributed by atoms with E-state index < -0.39 is 0 Å². The third-order valence-electron chi connectivity index (χ3n) is 8.76. The fourth-order valence-corrected chi connectivity index (χ4v) is 6.12. The number of hydrogen-bond acceptors (Lipinski definition) is 8. The van der Waals surface area contributed by atoms with E-state index in [0.717, 1.165) is 71.2 Å². The van der Waals surface area contributed by atoms with E-state index in [-0.39, 0.29) is 0 Å². The number of likely N-dealkylation sites (tertiary alicyclic amines) is 1. The highest BCUT2D eigenvalue weighted by atomic mass is 16.5. The summed E-state index contributed by atoms with van der Waals surface area (Å²) in [6.07, 6.45) is 5.33. The van der Waals surface area contributed by atoms with E-state index in [1.165, 1.54) is 37.1 Å². The Kier molecular flexibility index (Phi) is 10.4. The summed E-state index contributed by atoms with van der Waals surface area (Å²) in [6.45, 7) is 8.02. The van der Waals surface area contributed by atoms with Crippen molar-refractivity contribution >= 4 is 11.5 Å². The molecule has 0 radical (unpaired) electrons. The summed E-state index contributed by atoms with van der Waals surface area (Å²) in [4.78, 5) is 19.9. The Morgan fingerprint density at radius 3 is 1.91 bits per heavy atom. The zero-order valence-electron chi connectivity index (χ0n) is 27.4. The van der Waals surface area contributed by atoms with Crippen LogP contribution in [-0.2, 0) is 32.6 Å². The smallest absolute Gasteiger partial charge is 0.318 e. The number of rotatable bonds is 15. The number of anilines is 1. The van der Waals surface area contributed by atoms with Crippen molar-refractivity contribution in [1.29, 1.82) is 0 Å². The Morgan fingerprint density at radius 1 is 0.739 bits per heavy atom. The minimum absolute atomic E-state index is 0.409. The van der Waals surface area contributed by atoms with Crippen molar-refractivity contribution in [3.63, 3.8) is 0 Å². The maximum Gasteiger partial charge on any atom is 0.318 e. The highest BCUT2D eigenvalue weighted by Gasteiger charge is 2.27. The van der Waals surface area contributed by atoms with Gasteiger partial charge in [0.15, 0.2) is 0 Å². The quantitative estimate of drug-likeness (QED) is 0.132. The summed E-state index contributed by atoms with van der Waals surface area (Å²) < 4.78 is 17.0. The molecule has 240 valence electrons. The van der Waals surface area contributed by atoms with Crippen LogP contribution >= 0.6 is 0 Å². The predicted molar refractivity (Wildman–Crippen MR) is 183 cm³/mol. The predicted octanol–water partition coefficient (Wildman–Crippen LogP) is 7.02. The Balaban J connectivity index is 1.30. The maximum absolute atomic E-state index is 6.16. The number of hydrogen-bond donors (Lipinski definition) is 0. The van der Waals surface area contributed by atoms with Crippen LogP contribution in [0, 0.1) is 0 Å². The molecule has 8 heteroatoms. The van der Waals surface area contributed by atoms with Crippen LogP contribution in [0.5, 0.6) is 17.5 Å². The number of ether oxygens (including phenoxy) is 3. The van der Waals surface area contributed by atoms with Gasteiger partial charge in [-0.05, 0) is 78.9 Å². The topological polar surface area (TPSA) is 72.3 Å². The van der Waals surface area contributed by atoms with Crippen LogP contribution in [0.3, 0.4) is 0 Å². The lowest BCUT2D eigenvalue weighted by Crippen LogP contribution is -2.26. The molecular formula is C38H45N5O3. The molecule has 2 aliphatic heterocycles. The average Bonchev–Trinajstić information content (AvgIpc) is 3.76. The molecule has 1 aromatic heterocycles. The molecule has 0 saturated carbocycles. The van der Waals surface area contributed by atoms with Gasteiger partial charge >= 0.3 is 6.01 Å². The lowest BCUT2D eigenvalue weighted by atomic mass is 10.0. The molecule has 4 aromatic rings. The zero-order valence-corrected chi connectivity index (χ0v) is 27.4. The molecule has 0 amide bonds. The van der Waals surface area contributed by atoms with Crippen molar-refractivity contribution in [3.8, 4) is 17.5 Å². The zero-order chi connectivity index (χ0) is 31.7. The molecule has 6 rings (SSSR count). The molecule has 1 fully saturated rings. The molecule has 0 bridgehead atoms. The molecular weight excluding hydrogens is 574 g/mol. The van der Waals surface area contributed by atoms with Crippen molar-refractivity contribution < 1.29 is 14.2 Å². The minimum atomic E-state index is 0.409. The van der Waals surface area contributed by atoms with Crippen LogP contribution in [0.2, 0.25) is 0 Å². The molecule has 3 heterocycles. The Morgan fingerprint density at radius 2 is 1.33 bits per heavy atom. The van der Waals surface area contributed by atoms with Crippen LogP contribution in [0.25, 0.3) is 0 Å². The molecule has 0 aliphatic carbocycles. The SMILES string of the molecule is CCCCOc1nc2c(c(N(Cc3ccc(OC)cc3)Cc3ccc(OC)cc3)n1)CN=C2Cc1ccc(CN2CCCC2)cc1. The van der Waals surface area contributed by atoms with Crippen LogP contribution in [-0.4, -0.2) is 54.5 Å². The van der Waals surface area contributed by atoms with E-state index in [4.69, 9.17) is 29.2 Å². The van der Waals surface area contributed by atoms with E-state index in [1.807, 2.05) is 24.3 Å². The van der Waals surface area contributed by atoms with Gasteiger partial charge in [-0.2, -0.15) is 9.97 Å². The van der Waals surface area contributed by atoms with Gasteiger partial charge in [0.25, 0.3) is 0 Å². The molecule has 1 saturated heterocycles. The van der Waals surface area contributed by atoms with Crippen LogP contribution in [0.15, 0.2) is 77.8 Å². The van der Waals surface area contributed by atoms with E-state index in [1.54, 1.807) is 14.2 Å².